The summed E-state index contributed by atoms with van der Waals surface area (Å²) in [6, 6.07) is 18.1. The standard InChI is InChI=1S/C22H18N8O4S2/c31-35(32,27-21-11-15-25-29(21)19-5-1-3-13-23-19)17-7-9-18(10-8-17)36(33,34)28-22-12-16-26-30(22)20-6-2-4-14-24-20/h1-16,27-28H. The number of nitrogens with zero attached hydrogens (tertiary/aromatic N) is 6. The number of rotatable bonds is 8. The number of hydrogen-bond acceptors (Lipinski definition) is 8. The molecule has 0 unspecified atom stereocenters. The van der Waals surface area contributed by atoms with Crippen LogP contribution >= 0.6 is 0 Å². The molecule has 0 amide bonds. The zero-order chi connectivity index (χ0) is 25.2. The minimum atomic E-state index is -4.04. The van der Waals surface area contributed by atoms with Gasteiger partial charge in [0.2, 0.25) is 0 Å². The van der Waals surface area contributed by atoms with Crippen molar-refractivity contribution in [2.75, 3.05) is 9.44 Å². The highest BCUT2D eigenvalue weighted by Crippen LogP contribution is 2.22. The third-order valence-corrected chi connectivity index (χ3v) is 7.68. The van der Waals surface area contributed by atoms with Gasteiger partial charge in [-0.15, -0.1) is 0 Å². The normalized spacial score (nSPS) is 11.8. The maximum atomic E-state index is 12.9. The van der Waals surface area contributed by atoms with E-state index in [1.807, 2.05) is 0 Å². The number of pyridine rings is 2. The van der Waals surface area contributed by atoms with Gasteiger partial charge in [-0.25, -0.2) is 26.8 Å². The highest BCUT2D eigenvalue weighted by Gasteiger charge is 2.21. The maximum Gasteiger partial charge on any atom is 0.263 e. The summed E-state index contributed by atoms with van der Waals surface area (Å²) >= 11 is 0. The van der Waals surface area contributed by atoms with E-state index in [0.717, 1.165) is 0 Å². The van der Waals surface area contributed by atoms with Gasteiger partial charge in [-0.3, -0.25) is 9.44 Å². The van der Waals surface area contributed by atoms with Crippen LogP contribution in [0, 0.1) is 0 Å². The zero-order valence-electron chi connectivity index (χ0n) is 18.4. The smallest absolute Gasteiger partial charge is 0.263 e. The highest BCUT2D eigenvalue weighted by atomic mass is 32.2. The van der Waals surface area contributed by atoms with Gasteiger partial charge in [-0.05, 0) is 48.5 Å². The Morgan fingerprint density at radius 3 is 1.31 bits per heavy atom. The molecule has 12 nitrogen and oxygen atoms in total. The first-order chi connectivity index (χ1) is 17.3. The Hall–Kier alpha value is -4.56. The van der Waals surface area contributed by atoms with E-state index >= 15 is 0 Å². The number of nitrogens with one attached hydrogen (secondary N) is 2. The van der Waals surface area contributed by atoms with Crippen LogP contribution in [0.25, 0.3) is 11.6 Å². The molecule has 0 spiro atoms. The van der Waals surface area contributed by atoms with Gasteiger partial charge in [0.25, 0.3) is 20.0 Å². The molecule has 182 valence electrons. The molecule has 5 aromatic rings. The van der Waals surface area contributed by atoms with Crippen LogP contribution in [0.5, 0.6) is 0 Å². The molecule has 0 radical (unpaired) electrons. The van der Waals surface area contributed by atoms with Crippen LogP contribution < -0.4 is 9.44 Å². The first-order valence-corrected chi connectivity index (χ1v) is 13.4. The second-order valence-corrected chi connectivity index (χ2v) is 10.7. The Bertz CT molecular complexity index is 1570. The van der Waals surface area contributed by atoms with Gasteiger partial charge in [0, 0.05) is 24.5 Å². The summed E-state index contributed by atoms with van der Waals surface area (Å²) < 4.78 is 59.4. The fourth-order valence-corrected chi connectivity index (χ4v) is 5.36. The molecule has 0 saturated heterocycles. The molecule has 4 aromatic heterocycles. The first-order valence-electron chi connectivity index (χ1n) is 10.4. The van der Waals surface area contributed by atoms with E-state index in [0.29, 0.717) is 11.6 Å². The van der Waals surface area contributed by atoms with E-state index < -0.39 is 20.0 Å². The second-order valence-electron chi connectivity index (χ2n) is 7.31. The number of sulfonamides is 2. The van der Waals surface area contributed by atoms with Crippen molar-refractivity contribution >= 4 is 31.7 Å². The van der Waals surface area contributed by atoms with Crippen LogP contribution in [0.15, 0.2) is 107 Å². The Balaban J connectivity index is 1.36. The van der Waals surface area contributed by atoms with Crippen LogP contribution in [-0.2, 0) is 20.0 Å². The van der Waals surface area contributed by atoms with Crippen molar-refractivity contribution in [1.82, 2.24) is 29.5 Å². The fraction of sp³-hybridized carbons (Fsp3) is 0. The minimum absolute atomic E-state index is 0.131. The largest absolute Gasteiger partial charge is 0.263 e. The predicted molar refractivity (Wildman–Crippen MR) is 131 cm³/mol. The van der Waals surface area contributed by atoms with Crippen molar-refractivity contribution in [3.63, 3.8) is 0 Å². The van der Waals surface area contributed by atoms with Crippen molar-refractivity contribution in [2.24, 2.45) is 0 Å². The van der Waals surface area contributed by atoms with Crippen LogP contribution in [0.4, 0.5) is 11.6 Å². The lowest BCUT2D eigenvalue weighted by Crippen LogP contribution is -2.18. The molecule has 0 aliphatic heterocycles. The third-order valence-electron chi connectivity index (χ3n) is 4.94. The summed E-state index contributed by atoms with van der Waals surface area (Å²) in [7, 11) is -8.09. The molecule has 1 aromatic carbocycles. The SMILES string of the molecule is O=S(=O)(Nc1ccnn1-c1ccccn1)c1ccc(S(=O)(=O)Nc2ccnn2-c2ccccn2)cc1. The molecule has 5 rings (SSSR count). The average molecular weight is 523 g/mol. The van der Waals surface area contributed by atoms with Crippen LogP contribution in [0.2, 0.25) is 0 Å². The van der Waals surface area contributed by atoms with E-state index in [1.54, 1.807) is 48.8 Å². The Kier molecular flexibility index (Phi) is 5.95. The van der Waals surface area contributed by atoms with Crippen LogP contribution in [0.3, 0.4) is 0 Å². The molecule has 14 heteroatoms. The summed E-state index contributed by atoms with van der Waals surface area (Å²) in [5.41, 5.74) is 0. The summed E-state index contributed by atoms with van der Waals surface area (Å²) in [5.74, 6) is 1.21. The molecule has 0 bridgehead atoms. The number of anilines is 2. The third kappa shape index (κ3) is 4.67. The van der Waals surface area contributed by atoms with Gasteiger partial charge in [-0.2, -0.15) is 19.6 Å². The van der Waals surface area contributed by atoms with Crippen LogP contribution in [-0.4, -0.2) is 46.4 Å². The van der Waals surface area contributed by atoms with E-state index in [-0.39, 0.29) is 21.4 Å². The van der Waals surface area contributed by atoms with Crippen molar-refractivity contribution < 1.29 is 16.8 Å². The van der Waals surface area contributed by atoms with E-state index in [2.05, 4.69) is 29.6 Å². The molecule has 0 atom stereocenters. The van der Waals surface area contributed by atoms with Gasteiger partial charge in [-0.1, -0.05) is 12.1 Å². The quantitative estimate of drug-likeness (QED) is 0.315. The summed E-state index contributed by atoms with van der Waals surface area (Å²) in [6.45, 7) is 0. The molecule has 4 heterocycles. The molecule has 0 saturated carbocycles. The monoisotopic (exact) mass is 522 g/mol. The highest BCUT2D eigenvalue weighted by molar-refractivity contribution is 7.93. The summed E-state index contributed by atoms with van der Waals surface area (Å²) in [6.07, 6.45) is 5.99. The zero-order valence-corrected chi connectivity index (χ0v) is 20.0. The van der Waals surface area contributed by atoms with Gasteiger partial charge < -0.3 is 0 Å². The number of aromatic nitrogens is 6. The Morgan fingerprint density at radius 1 is 0.528 bits per heavy atom. The van der Waals surface area contributed by atoms with Crippen molar-refractivity contribution in [1.29, 1.82) is 0 Å². The lowest BCUT2D eigenvalue weighted by molar-refractivity contribution is 0.597. The predicted octanol–water partition coefficient (Wildman–Crippen LogP) is 2.45. The van der Waals surface area contributed by atoms with E-state index in [4.69, 9.17) is 0 Å². The minimum Gasteiger partial charge on any atom is -0.263 e. The Morgan fingerprint density at radius 2 is 0.944 bits per heavy atom. The molecule has 36 heavy (non-hydrogen) atoms. The van der Waals surface area contributed by atoms with Crippen LogP contribution in [0.1, 0.15) is 0 Å². The van der Waals surface area contributed by atoms with E-state index in [1.165, 1.54) is 58.2 Å². The molecular formula is C22H18N8O4S2. The van der Waals surface area contributed by atoms with Crippen molar-refractivity contribution in [3.05, 3.63) is 97.6 Å². The summed E-state index contributed by atoms with van der Waals surface area (Å²) in [4.78, 5) is 8.06. The van der Waals surface area contributed by atoms with Gasteiger partial charge in [0.15, 0.2) is 11.6 Å². The molecule has 0 aliphatic rings. The maximum absolute atomic E-state index is 12.9. The Labute approximate surface area is 206 Å². The topological polar surface area (TPSA) is 154 Å². The number of hydrogen-bond donors (Lipinski definition) is 2. The van der Waals surface area contributed by atoms with Gasteiger partial charge >= 0.3 is 0 Å². The van der Waals surface area contributed by atoms with Crippen molar-refractivity contribution in [2.45, 2.75) is 9.79 Å². The first kappa shape index (κ1) is 23.2. The molecule has 0 fully saturated rings. The van der Waals surface area contributed by atoms with E-state index in [9.17, 15) is 16.8 Å². The second kappa shape index (κ2) is 9.24. The lowest BCUT2D eigenvalue weighted by Gasteiger charge is -2.12. The van der Waals surface area contributed by atoms with Gasteiger partial charge in [0.05, 0.1) is 22.2 Å². The molecule has 2 N–H and O–H groups in total. The summed E-state index contributed by atoms with van der Waals surface area (Å²) in [5, 5.41) is 8.21. The van der Waals surface area contributed by atoms with Crippen molar-refractivity contribution in [3.8, 4) is 11.6 Å². The van der Waals surface area contributed by atoms with Gasteiger partial charge in [0.1, 0.15) is 11.6 Å². The average Bonchev–Trinajstić information content (AvgIpc) is 3.54. The number of benzene rings is 1. The molecular weight excluding hydrogens is 504 g/mol. The lowest BCUT2D eigenvalue weighted by atomic mass is 10.4. The fourth-order valence-electron chi connectivity index (χ4n) is 3.28. The molecule has 0 aliphatic carbocycles.